The van der Waals surface area contributed by atoms with Gasteiger partial charge in [-0.25, -0.2) is 9.37 Å². The molecule has 6 heteroatoms. The van der Waals surface area contributed by atoms with Crippen LogP contribution in [0.5, 0.6) is 0 Å². The van der Waals surface area contributed by atoms with Crippen molar-refractivity contribution in [2.24, 2.45) is 0 Å². The second-order valence-electron chi connectivity index (χ2n) is 5.50. The maximum Gasteiger partial charge on any atom is 0.138 e. The summed E-state index contributed by atoms with van der Waals surface area (Å²) in [5.74, 6) is 0.550. The van der Waals surface area contributed by atoms with Crippen LogP contribution in [0.1, 0.15) is 43.9 Å². The van der Waals surface area contributed by atoms with Crippen LogP contribution in [0.4, 0.5) is 4.39 Å². The second-order valence-corrected chi connectivity index (χ2v) is 7.32. The van der Waals surface area contributed by atoms with Gasteiger partial charge in [0.15, 0.2) is 0 Å². The number of ether oxygens (including phenoxy) is 1. The fourth-order valence-electron chi connectivity index (χ4n) is 2.97. The number of nitrogens with zero attached hydrogens (tertiary/aromatic N) is 2. The summed E-state index contributed by atoms with van der Waals surface area (Å²) in [5.41, 5.74) is 1.58. The standard InChI is InChI=1S/C15H17ClFIN2O/c1-8(16)15-19-12-7-11(18)10(17)6-13(12)20(15)9(2)14-4-3-5-21-14/h6-9,14H,3-5H2,1-2H3. The lowest BCUT2D eigenvalue weighted by atomic mass is 10.1. The lowest BCUT2D eigenvalue weighted by Gasteiger charge is -2.23. The molecule has 1 aliphatic heterocycles. The van der Waals surface area contributed by atoms with Gasteiger partial charge < -0.3 is 9.30 Å². The zero-order chi connectivity index (χ0) is 15.1. The average molecular weight is 423 g/mol. The third-order valence-electron chi connectivity index (χ3n) is 4.02. The molecule has 0 amide bonds. The molecule has 1 fully saturated rings. The van der Waals surface area contributed by atoms with Crippen LogP contribution in [-0.4, -0.2) is 22.3 Å². The summed E-state index contributed by atoms with van der Waals surface area (Å²) in [4.78, 5) is 4.61. The molecule has 0 radical (unpaired) electrons. The molecule has 21 heavy (non-hydrogen) atoms. The van der Waals surface area contributed by atoms with Crippen LogP contribution in [0.15, 0.2) is 12.1 Å². The summed E-state index contributed by atoms with van der Waals surface area (Å²) >= 11 is 8.27. The highest BCUT2D eigenvalue weighted by Crippen LogP contribution is 2.33. The molecule has 1 aromatic heterocycles. The van der Waals surface area contributed by atoms with Crippen LogP contribution >= 0.6 is 34.2 Å². The quantitative estimate of drug-likeness (QED) is 0.524. The first-order chi connectivity index (χ1) is 9.99. The first-order valence-corrected chi connectivity index (χ1v) is 8.63. The van der Waals surface area contributed by atoms with E-state index in [0.29, 0.717) is 3.57 Å². The van der Waals surface area contributed by atoms with Gasteiger partial charge in [-0.1, -0.05) is 0 Å². The summed E-state index contributed by atoms with van der Waals surface area (Å²) in [6.45, 7) is 4.78. The summed E-state index contributed by atoms with van der Waals surface area (Å²) in [7, 11) is 0. The van der Waals surface area contributed by atoms with E-state index in [2.05, 4.69) is 11.9 Å². The maximum absolute atomic E-state index is 14.0. The first-order valence-electron chi connectivity index (χ1n) is 7.11. The lowest BCUT2D eigenvalue weighted by Crippen LogP contribution is -2.22. The Bertz CT molecular complexity index is 667. The Kier molecular flexibility index (Phi) is 4.43. The molecule has 0 saturated carbocycles. The Morgan fingerprint density at radius 3 is 2.86 bits per heavy atom. The molecular weight excluding hydrogens is 406 g/mol. The Balaban J connectivity index is 2.17. The summed E-state index contributed by atoms with van der Waals surface area (Å²) in [6.07, 6.45) is 2.22. The van der Waals surface area contributed by atoms with E-state index in [1.165, 1.54) is 0 Å². The second kappa shape index (κ2) is 6.01. The van der Waals surface area contributed by atoms with Gasteiger partial charge in [-0.3, -0.25) is 0 Å². The number of imidazole rings is 1. The van der Waals surface area contributed by atoms with Gasteiger partial charge in [-0.15, -0.1) is 11.6 Å². The molecule has 3 rings (SSSR count). The van der Waals surface area contributed by atoms with E-state index in [9.17, 15) is 4.39 Å². The molecule has 1 saturated heterocycles. The highest BCUT2D eigenvalue weighted by atomic mass is 127. The van der Waals surface area contributed by atoms with Crippen LogP contribution in [0.2, 0.25) is 0 Å². The molecule has 0 N–H and O–H groups in total. The molecule has 0 aliphatic carbocycles. The summed E-state index contributed by atoms with van der Waals surface area (Å²) in [5, 5.41) is -0.234. The van der Waals surface area contributed by atoms with E-state index in [0.717, 1.165) is 36.3 Å². The lowest BCUT2D eigenvalue weighted by molar-refractivity contribution is 0.0736. The van der Waals surface area contributed by atoms with Crippen molar-refractivity contribution in [3.8, 4) is 0 Å². The third-order valence-corrected chi connectivity index (χ3v) is 5.05. The topological polar surface area (TPSA) is 27.1 Å². The van der Waals surface area contributed by atoms with E-state index in [1.54, 1.807) is 12.1 Å². The molecule has 114 valence electrons. The van der Waals surface area contributed by atoms with Crippen molar-refractivity contribution in [3.05, 3.63) is 27.3 Å². The van der Waals surface area contributed by atoms with Crippen LogP contribution in [0, 0.1) is 9.39 Å². The Morgan fingerprint density at radius 1 is 1.48 bits per heavy atom. The number of hydrogen-bond acceptors (Lipinski definition) is 2. The smallest absolute Gasteiger partial charge is 0.138 e. The number of halogens is 3. The van der Waals surface area contributed by atoms with Gasteiger partial charge >= 0.3 is 0 Å². The molecule has 2 aromatic rings. The molecular formula is C15H17ClFIN2O. The minimum absolute atomic E-state index is 0.0909. The van der Waals surface area contributed by atoms with Crippen LogP contribution in [0.3, 0.4) is 0 Å². The van der Waals surface area contributed by atoms with Gasteiger partial charge in [0.2, 0.25) is 0 Å². The maximum atomic E-state index is 14.0. The minimum Gasteiger partial charge on any atom is -0.376 e. The fourth-order valence-corrected chi connectivity index (χ4v) is 3.57. The SMILES string of the molecule is CC(Cl)c1nc2cc(I)c(F)cc2n1C(C)C1CCCO1. The van der Waals surface area contributed by atoms with Crippen LogP contribution in [0.25, 0.3) is 11.0 Å². The van der Waals surface area contributed by atoms with Gasteiger partial charge in [0, 0.05) is 12.7 Å². The molecule has 3 atom stereocenters. The largest absolute Gasteiger partial charge is 0.376 e. The van der Waals surface area contributed by atoms with Gasteiger partial charge in [-0.2, -0.15) is 0 Å². The number of benzene rings is 1. The number of aromatic nitrogens is 2. The van der Waals surface area contributed by atoms with E-state index < -0.39 is 0 Å². The van der Waals surface area contributed by atoms with E-state index >= 15 is 0 Å². The van der Waals surface area contributed by atoms with E-state index in [1.807, 2.05) is 34.1 Å². The van der Waals surface area contributed by atoms with Crippen LogP contribution < -0.4 is 0 Å². The predicted molar refractivity (Wildman–Crippen MR) is 90.4 cm³/mol. The normalized spacial score (nSPS) is 21.9. The highest BCUT2D eigenvalue weighted by molar-refractivity contribution is 14.1. The van der Waals surface area contributed by atoms with Gasteiger partial charge in [-0.05, 0) is 55.3 Å². The Hall–Kier alpha value is -0.400. The molecule has 3 unspecified atom stereocenters. The van der Waals surface area contributed by atoms with Crippen molar-refractivity contribution in [3.63, 3.8) is 0 Å². The van der Waals surface area contributed by atoms with E-state index in [4.69, 9.17) is 16.3 Å². The number of hydrogen-bond donors (Lipinski definition) is 0. The number of alkyl halides is 1. The van der Waals surface area contributed by atoms with Crippen LogP contribution in [-0.2, 0) is 4.74 Å². The molecule has 0 spiro atoms. The highest BCUT2D eigenvalue weighted by Gasteiger charge is 2.28. The van der Waals surface area contributed by atoms with Gasteiger partial charge in [0.05, 0.1) is 32.1 Å². The van der Waals surface area contributed by atoms with Gasteiger partial charge in [0.25, 0.3) is 0 Å². The van der Waals surface area contributed by atoms with Gasteiger partial charge in [0.1, 0.15) is 11.6 Å². The molecule has 1 aliphatic rings. The summed E-state index contributed by atoms with van der Waals surface area (Å²) in [6, 6.07) is 3.42. The van der Waals surface area contributed by atoms with Crippen molar-refractivity contribution in [2.45, 2.75) is 44.2 Å². The van der Waals surface area contributed by atoms with Crippen molar-refractivity contribution >= 4 is 45.2 Å². The predicted octanol–water partition coefficient (Wildman–Crippen LogP) is 4.82. The van der Waals surface area contributed by atoms with Crippen molar-refractivity contribution in [1.29, 1.82) is 0 Å². The minimum atomic E-state index is -0.234. The zero-order valence-electron chi connectivity index (χ0n) is 11.9. The number of rotatable bonds is 3. The monoisotopic (exact) mass is 422 g/mol. The summed E-state index contributed by atoms with van der Waals surface area (Å²) < 4.78 is 22.4. The average Bonchev–Trinajstić information content (AvgIpc) is 3.06. The van der Waals surface area contributed by atoms with Crippen molar-refractivity contribution in [2.75, 3.05) is 6.61 Å². The van der Waals surface area contributed by atoms with Crippen molar-refractivity contribution in [1.82, 2.24) is 9.55 Å². The molecule has 1 aromatic carbocycles. The molecule has 3 nitrogen and oxygen atoms in total. The number of fused-ring (bicyclic) bond motifs is 1. The fraction of sp³-hybridized carbons (Fsp3) is 0.533. The molecule has 0 bridgehead atoms. The molecule has 2 heterocycles. The first kappa shape index (κ1) is 15.5. The van der Waals surface area contributed by atoms with Crippen molar-refractivity contribution < 1.29 is 9.13 Å². The Morgan fingerprint density at radius 2 is 2.24 bits per heavy atom. The third kappa shape index (κ3) is 2.80. The zero-order valence-corrected chi connectivity index (χ0v) is 14.9. The van der Waals surface area contributed by atoms with E-state index in [-0.39, 0.29) is 23.3 Å². The Labute approximate surface area is 142 Å².